The van der Waals surface area contributed by atoms with Gasteiger partial charge >= 0.3 is 0 Å². The molecule has 0 saturated carbocycles. The van der Waals surface area contributed by atoms with Crippen LogP contribution in [-0.2, 0) is 9.59 Å². The zero-order valence-electron chi connectivity index (χ0n) is 19.8. The molecule has 2 N–H and O–H groups in total. The first-order valence-corrected chi connectivity index (χ1v) is 9.74. The molecule has 1 atom stereocenters. The molecule has 0 rings (SSSR count). The lowest BCUT2D eigenvalue weighted by Crippen LogP contribution is -2.42. The van der Waals surface area contributed by atoms with E-state index in [-0.39, 0.29) is 33.6 Å². The zero-order chi connectivity index (χ0) is 21.6. The SMILES string of the molecule is CC(C)(C)NCC(=O)C(C)(C)C.CC(CNC(C)(C)C)C(=O)C(C)(C)C. The molecular weight excluding hydrogens is 324 g/mol. The summed E-state index contributed by atoms with van der Waals surface area (Å²) in [7, 11) is 0. The maximum absolute atomic E-state index is 11.8. The van der Waals surface area contributed by atoms with Crippen molar-refractivity contribution in [2.45, 2.75) is 101 Å². The van der Waals surface area contributed by atoms with E-state index in [4.69, 9.17) is 0 Å². The zero-order valence-corrected chi connectivity index (χ0v) is 19.8. The largest absolute Gasteiger partial charge is 0.311 e. The van der Waals surface area contributed by atoms with E-state index in [9.17, 15) is 9.59 Å². The van der Waals surface area contributed by atoms with Crippen LogP contribution in [0, 0.1) is 16.7 Å². The monoisotopic (exact) mass is 370 g/mol. The van der Waals surface area contributed by atoms with E-state index >= 15 is 0 Å². The maximum atomic E-state index is 11.8. The van der Waals surface area contributed by atoms with Crippen LogP contribution in [0.15, 0.2) is 0 Å². The Bertz CT molecular complexity index is 441. The quantitative estimate of drug-likeness (QED) is 0.741. The van der Waals surface area contributed by atoms with Crippen molar-refractivity contribution in [2.24, 2.45) is 16.7 Å². The topological polar surface area (TPSA) is 58.2 Å². The lowest BCUT2D eigenvalue weighted by Gasteiger charge is -2.26. The van der Waals surface area contributed by atoms with Crippen molar-refractivity contribution in [3.05, 3.63) is 0 Å². The highest BCUT2D eigenvalue weighted by Crippen LogP contribution is 2.20. The highest BCUT2D eigenvalue weighted by atomic mass is 16.1. The second kappa shape index (κ2) is 9.98. The Labute approximate surface area is 163 Å². The molecule has 0 aliphatic carbocycles. The molecule has 0 radical (unpaired) electrons. The molecule has 0 bridgehead atoms. The molecule has 0 aromatic heterocycles. The first-order valence-electron chi connectivity index (χ1n) is 9.74. The number of carbonyl (C=O) groups is 2. The van der Waals surface area contributed by atoms with Gasteiger partial charge in [0.15, 0.2) is 5.78 Å². The molecule has 4 nitrogen and oxygen atoms in total. The van der Waals surface area contributed by atoms with Crippen LogP contribution >= 0.6 is 0 Å². The van der Waals surface area contributed by atoms with Crippen LogP contribution in [0.1, 0.15) is 90.0 Å². The molecule has 0 aromatic rings. The third-order valence-corrected chi connectivity index (χ3v) is 3.74. The van der Waals surface area contributed by atoms with Gasteiger partial charge in [0, 0.05) is 34.4 Å². The number of Topliss-reactive ketones (excluding diaryl/α,β-unsaturated/α-hetero) is 2. The summed E-state index contributed by atoms with van der Waals surface area (Å²) in [5.74, 6) is 0.681. The third-order valence-electron chi connectivity index (χ3n) is 3.74. The van der Waals surface area contributed by atoms with Crippen molar-refractivity contribution in [2.75, 3.05) is 13.1 Å². The first kappa shape index (κ1) is 27.5. The van der Waals surface area contributed by atoms with E-state index < -0.39 is 0 Å². The summed E-state index contributed by atoms with van der Waals surface area (Å²) in [5, 5.41) is 6.53. The number of hydrogen-bond donors (Lipinski definition) is 2. The van der Waals surface area contributed by atoms with Crippen LogP contribution < -0.4 is 10.6 Å². The molecule has 0 heterocycles. The summed E-state index contributed by atoms with van der Waals surface area (Å²) in [6.07, 6.45) is 0. The number of rotatable bonds is 5. The van der Waals surface area contributed by atoms with Crippen LogP contribution in [0.5, 0.6) is 0 Å². The second-order valence-electron chi connectivity index (χ2n) is 11.4. The molecule has 0 fully saturated rings. The molecular formula is C22H46N2O2. The van der Waals surface area contributed by atoms with Crippen molar-refractivity contribution in [1.82, 2.24) is 10.6 Å². The van der Waals surface area contributed by atoms with Gasteiger partial charge in [-0.3, -0.25) is 9.59 Å². The van der Waals surface area contributed by atoms with E-state index in [1.807, 2.05) is 48.5 Å². The molecule has 156 valence electrons. The number of hydrogen-bond acceptors (Lipinski definition) is 4. The van der Waals surface area contributed by atoms with Gasteiger partial charge in [-0.1, -0.05) is 48.5 Å². The summed E-state index contributed by atoms with van der Waals surface area (Å²) in [5.41, 5.74) is -0.329. The van der Waals surface area contributed by atoms with Gasteiger partial charge in [0.2, 0.25) is 0 Å². The number of nitrogens with one attached hydrogen (secondary N) is 2. The Morgan fingerprint density at radius 3 is 1.35 bits per heavy atom. The van der Waals surface area contributed by atoms with Crippen LogP contribution in [0.25, 0.3) is 0 Å². The van der Waals surface area contributed by atoms with Crippen LogP contribution in [0.4, 0.5) is 0 Å². The fraction of sp³-hybridized carbons (Fsp3) is 0.909. The minimum Gasteiger partial charge on any atom is -0.311 e. The van der Waals surface area contributed by atoms with E-state index in [2.05, 4.69) is 52.2 Å². The molecule has 4 heteroatoms. The Morgan fingerprint density at radius 1 is 0.692 bits per heavy atom. The number of carbonyl (C=O) groups excluding carboxylic acids is 2. The Hall–Kier alpha value is -0.740. The van der Waals surface area contributed by atoms with Gasteiger partial charge in [-0.15, -0.1) is 0 Å². The van der Waals surface area contributed by atoms with Crippen molar-refractivity contribution in [1.29, 1.82) is 0 Å². The minimum absolute atomic E-state index is 0.0287. The fourth-order valence-corrected chi connectivity index (χ4v) is 1.90. The predicted molar refractivity (Wildman–Crippen MR) is 114 cm³/mol. The van der Waals surface area contributed by atoms with Gasteiger partial charge in [0.05, 0.1) is 6.54 Å². The standard InChI is InChI=1S/C12H25NO.C10H21NO/c1-9(8-13-12(5,6)7)10(14)11(2,3)4;1-9(2,3)8(12)7-11-10(4,5)6/h9,13H,8H2,1-7H3;11H,7H2,1-6H3. The van der Waals surface area contributed by atoms with Gasteiger partial charge < -0.3 is 10.6 Å². The fourth-order valence-electron chi connectivity index (χ4n) is 1.90. The third kappa shape index (κ3) is 15.5. The predicted octanol–water partition coefficient (Wildman–Crippen LogP) is 4.62. The van der Waals surface area contributed by atoms with E-state index in [1.54, 1.807) is 0 Å². The van der Waals surface area contributed by atoms with Gasteiger partial charge in [0.1, 0.15) is 5.78 Å². The average Bonchev–Trinajstić information content (AvgIpc) is 2.38. The summed E-state index contributed by atoms with van der Waals surface area (Å²) in [6.45, 7) is 27.5. The van der Waals surface area contributed by atoms with Crippen LogP contribution in [0.2, 0.25) is 0 Å². The van der Waals surface area contributed by atoms with Gasteiger partial charge in [0.25, 0.3) is 0 Å². The van der Waals surface area contributed by atoms with Crippen molar-refractivity contribution >= 4 is 11.6 Å². The number of ketones is 2. The average molecular weight is 371 g/mol. The Morgan fingerprint density at radius 2 is 1.08 bits per heavy atom. The summed E-state index contributed by atoms with van der Waals surface area (Å²) in [6, 6.07) is 0. The molecule has 0 aliphatic heterocycles. The van der Waals surface area contributed by atoms with Crippen molar-refractivity contribution in [3.63, 3.8) is 0 Å². The van der Waals surface area contributed by atoms with Crippen molar-refractivity contribution < 1.29 is 9.59 Å². The van der Waals surface area contributed by atoms with E-state index in [0.717, 1.165) is 6.54 Å². The van der Waals surface area contributed by atoms with E-state index in [1.165, 1.54) is 0 Å². The van der Waals surface area contributed by atoms with Gasteiger partial charge in [-0.05, 0) is 41.5 Å². The molecule has 1 unspecified atom stereocenters. The smallest absolute Gasteiger partial charge is 0.151 e. The van der Waals surface area contributed by atoms with Gasteiger partial charge in [-0.2, -0.15) is 0 Å². The maximum Gasteiger partial charge on any atom is 0.151 e. The minimum atomic E-state index is -0.224. The molecule has 0 aromatic carbocycles. The molecule has 26 heavy (non-hydrogen) atoms. The summed E-state index contributed by atoms with van der Waals surface area (Å²) in [4.78, 5) is 23.3. The molecule has 0 amide bonds. The molecule has 0 spiro atoms. The highest BCUT2D eigenvalue weighted by molar-refractivity contribution is 5.86. The van der Waals surface area contributed by atoms with Gasteiger partial charge in [-0.25, -0.2) is 0 Å². The Kier molecular flexibility index (Phi) is 10.6. The highest BCUT2D eigenvalue weighted by Gasteiger charge is 2.27. The summed E-state index contributed by atoms with van der Waals surface area (Å²) < 4.78 is 0. The normalized spacial score (nSPS) is 14.3. The molecule has 0 aliphatic rings. The second-order valence-corrected chi connectivity index (χ2v) is 11.4. The summed E-state index contributed by atoms with van der Waals surface area (Å²) >= 11 is 0. The van der Waals surface area contributed by atoms with Crippen LogP contribution in [0.3, 0.4) is 0 Å². The lowest BCUT2D eigenvalue weighted by molar-refractivity contribution is -0.129. The Balaban J connectivity index is 0. The van der Waals surface area contributed by atoms with E-state index in [0.29, 0.717) is 12.3 Å². The lowest BCUT2D eigenvalue weighted by atomic mass is 9.83. The first-order chi connectivity index (χ1) is 11.2. The van der Waals surface area contributed by atoms with Crippen molar-refractivity contribution in [3.8, 4) is 0 Å². The van der Waals surface area contributed by atoms with Crippen LogP contribution in [-0.4, -0.2) is 35.7 Å². The molecule has 0 saturated heterocycles.